The Balaban J connectivity index is 2.12. The van der Waals surface area contributed by atoms with E-state index in [-0.39, 0.29) is 11.4 Å². The van der Waals surface area contributed by atoms with Gasteiger partial charge in [-0.3, -0.25) is 4.79 Å². The van der Waals surface area contributed by atoms with Gasteiger partial charge in [-0.25, -0.2) is 4.68 Å². The first kappa shape index (κ1) is 13.7. The molecule has 0 unspecified atom stereocenters. The van der Waals surface area contributed by atoms with Crippen molar-refractivity contribution in [3.8, 4) is 5.69 Å². The molecule has 1 aromatic carbocycles. The summed E-state index contributed by atoms with van der Waals surface area (Å²) in [6.45, 7) is 1.87. The summed E-state index contributed by atoms with van der Waals surface area (Å²) in [5.41, 5.74) is 1.56. The molecular formula is C14H12F3N3O. The number of fused-ring (bicyclic) bond motifs is 1. The molecule has 0 spiro atoms. The van der Waals surface area contributed by atoms with Gasteiger partial charge in [0.2, 0.25) is 5.91 Å². The van der Waals surface area contributed by atoms with Crippen LogP contribution >= 0.6 is 0 Å². The van der Waals surface area contributed by atoms with Gasteiger partial charge < -0.3 is 5.32 Å². The average molecular weight is 295 g/mol. The minimum Gasteiger partial charge on any atom is -0.310 e. The molecule has 110 valence electrons. The number of hydrogen-bond donors (Lipinski definition) is 1. The standard InChI is InChI=1S/C14H12F3N3O/c1-8-3-2-4-9(5-8)20-13-10(7-18-20)11(14(15,16)17)6-12(21)19-13/h2-5,7,11H,6H2,1H3,(H,19,21)/t11-/m0/s1. The van der Waals surface area contributed by atoms with Crippen molar-refractivity contribution in [2.24, 2.45) is 0 Å². The van der Waals surface area contributed by atoms with Crippen LogP contribution in [0.15, 0.2) is 30.5 Å². The summed E-state index contributed by atoms with van der Waals surface area (Å²) in [5, 5.41) is 6.50. The highest BCUT2D eigenvalue weighted by atomic mass is 19.4. The number of nitrogens with zero attached hydrogens (tertiary/aromatic N) is 2. The van der Waals surface area contributed by atoms with Crippen LogP contribution in [0.3, 0.4) is 0 Å². The number of halogens is 3. The van der Waals surface area contributed by atoms with Gasteiger partial charge in [0.1, 0.15) is 5.82 Å². The molecule has 2 heterocycles. The van der Waals surface area contributed by atoms with E-state index in [4.69, 9.17) is 0 Å². The van der Waals surface area contributed by atoms with Crippen LogP contribution in [-0.2, 0) is 4.79 Å². The Morgan fingerprint density at radius 3 is 2.81 bits per heavy atom. The number of alkyl halides is 3. The Labute approximate surface area is 118 Å². The van der Waals surface area contributed by atoms with Gasteiger partial charge in [0.15, 0.2) is 0 Å². The van der Waals surface area contributed by atoms with Crippen LogP contribution in [-0.4, -0.2) is 21.9 Å². The number of nitrogens with one attached hydrogen (secondary N) is 1. The van der Waals surface area contributed by atoms with Gasteiger partial charge in [0, 0.05) is 12.0 Å². The number of amides is 1. The topological polar surface area (TPSA) is 46.9 Å². The molecule has 4 nitrogen and oxygen atoms in total. The Morgan fingerprint density at radius 2 is 2.14 bits per heavy atom. The quantitative estimate of drug-likeness (QED) is 0.878. The Hall–Kier alpha value is -2.31. The third-order valence-electron chi connectivity index (χ3n) is 3.46. The highest BCUT2D eigenvalue weighted by Crippen LogP contribution is 2.43. The largest absolute Gasteiger partial charge is 0.396 e. The van der Waals surface area contributed by atoms with E-state index in [1.54, 1.807) is 18.2 Å². The zero-order chi connectivity index (χ0) is 15.2. The number of carbonyl (C=O) groups is 1. The fourth-order valence-electron chi connectivity index (χ4n) is 2.47. The lowest BCUT2D eigenvalue weighted by Gasteiger charge is -2.25. The second-order valence-electron chi connectivity index (χ2n) is 5.05. The van der Waals surface area contributed by atoms with Gasteiger partial charge in [-0.05, 0) is 24.6 Å². The number of aromatic nitrogens is 2. The van der Waals surface area contributed by atoms with Crippen molar-refractivity contribution in [3.05, 3.63) is 41.6 Å². The first-order valence-electron chi connectivity index (χ1n) is 6.38. The van der Waals surface area contributed by atoms with E-state index in [0.717, 1.165) is 5.56 Å². The van der Waals surface area contributed by atoms with E-state index in [2.05, 4.69) is 10.4 Å². The van der Waals surface area contributed by atoms with Crippen LogP contribution < -0.4 is 5.32 Å². The maximum Gasteiger partial charge on any atom is 0.396 e. The second-order valence-corrected chi connectivity index (χ2v) is 5.05. The van der Waals surface area contributed by atoms with E-state index in [9.17, 15) is 18.0 Å². The first-order chi connectivity index (χ1) is 9.86. The molecule has 0 saturated heterocycles. The van der Waals surface area contributed by atoms with Crippen LogP contribution in [0.2, 0.25) is 0 Å². The van der Waals surface area contributed by atoms with Gasteiger partial charge in [-0.15, -0.1) is 0 Å². The minimum atomic E-state index is -4.47. The second kappa shape index (κ2) is 4.61. The summed E-state index contributed by atoms with van der Waals surface area (Å²) in [6, 6.07) is 7.17. The molecule has 1 N–H and O–H groups in total. The number of anilines is 1. The molecule has 2 aromatic rings. The van der Waals surface area contributed by atoms with Gasteiger partial charge in [0.05, 0.1) is 17.8 Å². The van der Waals surface area contributed by atoms with Gasteiger partial charge in [-0.1, -0.05) is 12.1 Å². The summed E-state index contributed by atoms with van der Waals surface area (Å²) in [4.78, 5) is 11.6. The van der Waals surface area contributed by atoms with Crippen LogP contribution in [0.25, 0.3) is 5.69 Å². The monoisotopic (exact) mass is 295 g/mol. The fraction of sp³-hybridized carbons (Fsp3) is 0.286. The molecule has 1 aliphatic rings. The van der Waals surface area contributed by atoms with Gasteiger partial charge in [0.25, 0.3) is 0 Å². The summed E-state index contributed by atoms with van der Waals surface area (Å²) in [5.74, 6) is -2.36. The maximum atomic E-state index is 13.1. The number of aryl methyl sites for hydroxylation is 1. The maximum absolute atomic E-state index is 13.1. The van der Waals surface area contributed by atoms with Crippen molar-refractivity contribution in [2.75, 3.05) is 5.32 Å². The van der Waals surface area contributed by atoms with Gasteiger partial charge in [-0.2, -0.15) is 18.3 Å². The number of benzene rings is 1. The molecule has 1 aliphatic heterocycles. The average Bonchev–Trinajstić information content (AvgIpc) is 2.80. The number of hydrogen-bond acceptors (Lipinski definition) is 2. The molecule has 0 fully saturated rings. The normalized spacial score (nSPS) is 18.3. The molecule has 1 aromatic heterocycles. The summed E-state index contributed by atoms with van der Waals surface area (Å²) in [6.07, 6.45) is -3.89. The third kappa shape index (κ3) is 2.39. The Morgan fingerprint density at radius 1 is 1.38 bits per heavy atom. The van der Waals surface area contributed by atoms with Crippen LogP contribution in [0, 0.1) is 6.92 Å². The Bertz CT molecular complexity index is 706. The van der Waals surface area contributed by atoms with Gasteiger partial charge >= 0.3 is 6.18 Å². The summed E-state index contributed by atoms with van der Waals surface area (Å²) < 4.78 is 40.5. The fourth-order valence-corrected chi connectivity index (χ4v) is 2.47. The molecular weight excluding hydrogens is 283 g/mol. The van der Waals surface area contributed by atoms with E-state index < -0.39 is 24.4 Å². The van der Waals surface area contributed by atoms with E-state index in [1.807, 2.05) is 13.0 Å². The lowest BCUT2D eigenvalue weighted by Crippen LogP contribution is -2.31. The SMILES string of the molecule is Cc1cccc(-n2ncc3c2NC(=O)C[C@@H]3C(F)(F)F)c1. The molecule has 7 heteroatoms. The molecule has 21 heavy (non-hydrogen) atoms. The molecule has 0 saturated carbocycles. The lowest BCUT2D eigenvalue weighted by atomic mass is 9.94. The Kier molecular flexibility index (Phi) is 3.00. The number of rotatable bonds is 1. The number of carbonyl (C=O) groups excluding carboxylic acids is 1. The minimum absolute atomic E-state index is 0.00334. The van der Waals surface area contributed by atoms with Crippen molar-refractivity contribution in [3.63, 3.8) is 0 Å². The predicted octanol–water partition coefficient (Wildman–Crippen LogP) is 3.17. The summed E-state index contributed by atoms with van der Waals surface area (Å²) in [7, 11) is 0. The smallest absolute Gasteiger partial charge is 0.310 e. The van der Waals surface area contributed by atoms with Crippen LogP contribution in [0.1, 0.15) is 23.5 Å². The van der Waals surface area contributed by atoms with E-state index in [1.165, 1.54) is 10.9 Å². The highest BCUT2D eigenvalue weighted by Gasteiger charge is 2.46. The molecule has 0 aliphatic carbocycles. The molecule has 3 rings (SSSR count). The van der Waals surface area contributed by atoms with Crippen molar-refractivity contribution in [1.29, 1.82) is 0 Å². The van der Waals surface area contributed by atoms with Crippen molar-refractivity contribution < 1.29 is 18.0 Å². The van der Waals surface area contributed by atoms with Crippen molar-refractivity contribution in [1.82, 2.24) is 9.78 Å². The first-order valence-corrected chi connectivity index (χ1v) is 6.38. The lowest BCUT2D eigenvalue weighted by molar-refractivity contribution is -0.156. The molecule has 1 amide bonds. The van der Waals surface area contributed by atoms with Crippen molar-refractivity contribution in [2.45, 2.75) is 25.4 Å². The summed E-state index contributed by atoms with van der Waals surface area (Å²) >= 11 is 0. The third-order valence-corrected chi connectivity index (χ3v) is 3.46. The van der Waals surface area contributed by atoms with Crippen molar-refractivity contribution >= 4 is 11.7 Å². The molecule has 1 atom stereocenters. The van der Waals surface area contributed by atoms with E-state index >= 15 is 0 Å². The van der Waals surface area contributed by atoms with Crippen LogP contribution in [0.5, 0.6) is 0 Å². The van der Waals surface area contributed by atoms with Crippen LogP contribution in [0.4, 0.5) is 19.0 Å². The van der Waals surface area contributed by atoms with E-state index in [0.29, 0.717) is 5.69 Å². The highest BCUT2D eigenvalue weighted by molar-refractivity contribution is 5.94. The molecule has 0 radical (unpaired) electrons. The molecule has 0 bridgehead atoms. The zero-order valence-electron chi connectivity index (χ0n) is 11.1. The zero-order valence-corrected chi connectivity index (χ0v) is 11.1. The predicted molar refractivity (Wildman–Crippen MR) is 70.3 cm³/mol.